The minimum absolute atomic E-state index is 0.399. The van der Waals surface area contributed by atoms with Gasteiger partial charge in [0.05, 0.1) is 12.2 Å². The average molecular weight is 378 g/mol. The van der Waals surface area contributed by atoms with Crippen LogP contribution in [0.5, 0.6) is 11.5 Å². The molecule has 0 spiro atoms. The maximum absolute atomic E-state index is 12.0. The molecule has 0 bridgehead atoms. The smallest absolute Gasteiger partial charge is 0.345 e. The highest BCUT2D eigenvalue weighted by molar-refractivity contribution is 9.10. The lowest BCUT2D eigenvalue weighted by atomic mass is 10.2. The van der Waals surface area contributed by atoms with Gasteiger partial charge in [-0.3, -0.25) is 4.98 Å². The summed E-state index contributed by atoms with van der Waals surface area (Å²) in [6, 6.07) is 8.74. The highest BCUT2D eigenvalue weighted by Crippen LogP contribution is 2.19. The van der Waals surface area contributed by atoms with Gasteiger partial charge in [-0.05, 0) is 52.7 Å². The molecule has 4 nitrogen and oxygen atoms in total. The molecular formula is C18H20BrNO3. The Hall–Kier alpha value is -1.88. The van der Waals surface area contributed by atoms with E-state index in [1.165, 1.54) is 25.5 Å². The lowest BCUT2D eigenvalue weighted by Crippen LogP contribution is -2.08. The van der Waals surface area contributed by atoms with Gasteiger partial charge in [0.25, 0.3) is 0 Å². The molecule has 0 unspecified atom stereocenters. The van der Waals surface area contributed by atoms with Crippen molar-refractivity contribution in [3.8, 4) is 11.5 Å². The fourth-order valence-electron chi connectivity index (χ4n) is 2.01. The maximum atomic E-state index is 12.0. The normalized spacial score (nSPS) is 10.3. The molecule has 122 valence electrons. The first-order chi connectivity index (χ1) is 11.2. The van der Waals surface area contributed by atoms with E-state index in [1.54, 1.807) is 24.4 Å². The summed E-state index contributed by atoms with van der Waals surface area (Å²) < 4.78 is 11.7. The van der Waals surface area contributed by atoms with Crippen LogP contribution in [0.25, 0.3) is 0 Å². The Balaban J connectivity index is 1.83. The summed E-state index contributed by atoms with van der Waals surface area (Å²) in [7, 11) is 0. The molecule has 0 saturated heterocycles. The predicted molar refractivity (Wildman–Crippen MR) is 93.0 cm³/mol. The Labute approximate surface area is 145 Å². The van der Waals surface area contributed by atoms with E-state index in [1.807, 2.05) is 12.1 Å². The number of halogens is 1. The second-order valence-electron chi connectivity index (χ2n) is 5.16. The van der Waals surface area contributed by atoms with Crippen molar-refractivity contribution >= 4 is 21.9 Å². The third kappa shape index (κ3) is 6.02. The van der Waals surface area contributed by atoms with Gasteiger partial charge in [0.15, 0.2) is 0 Å². The quantitative estimate of drug-likeness (QED) is 0.368. The van der Waals surface area contributed by atoms with Gasteiger partial charge in [-0.15, -0.1) is 0 Å². The number of aromatic nitrogens is 1. The number of ether oxygens (including phenoxy) is 2. The second kappa shape index (κ2) is 9.30. The van der Waals surface area contributed by atoms with Crippen LogP contribution in [0.15, 0.2) is 47.2 Å². The van der Waals surface area contributed by atoms with Crippen LogP contribution >= 0.6 is 15.9 Å². The third-order valence-corrected chi connectivity index (χ3v) is 3.68. The molecule has 0 amide bonds. The Bertz CT molecular complexity index is 628. The van der Waals surface area contributed by atoms with Crippen LogP contribution in [0.2, 0.25) is 0 Å². The zero-order valence-corrected chi connectivity index (χ0v) is 14.7. The van der Waals surface area contributed by atoms with E-state index in [4.69, 9.17) is 9.47 Å². The maximum Gasteiger partial charge on any atom is 0.345 e. The monoisotopic (exact) mass is 377 g/mol. The van der Waals surface area contributed by atoms with Crippen molar-refractivity contribution in [3.63, 3.8) is 0 Å². The zero-order valence-electron chi connectivity index (χ0n) is 13.1. The molecule has 0 aliphatic rings. The van der Waals surface area contributed by atoms with Crippen molar-refractivity contribution in [3.05, 3.63) is 52.8 Å². The molecule has 23 heavy (non-hydrogen) atoms. The summed E-state index contributed by atoms with van der Waals surface area (Å²) in [5.74, 6) is 0.825. The fourth-order valence-corrected chi connectivity index (χ4v) is 2.38. The summed E-state index contributed by atoms with van der Waals surface area (Å²) in [6.45, 7) is 2.90. The molecule has 2 aromatic rings. The van der Waals surface area contributed by atoms with E-state index in [0.717, 1.165) is 16.6 Å². The number of carbonyl (C=O) groups excluding carboxylic acids is 1. The number of rotatable bonds is 8. The molecule has 2 rings (SSSR count). The summed E-state index contributed by atoms with van der Waals surface area (Å²) in [5, 5.41) is 0. The molecule has 0 radical (unpaired) electrons. The SMILES string of the molecule is CCCCCCOc1ccc(OC(=O)c2cncc(Br)c2)cc1. The van der Waals surface area contributed by atoms with E-state index in [2.05, 4.69) is 27.8 Å². The highest BCUT2D eigenvalue weighted by Gasteiger charge is 2.09. The van der Waals surface area contributed by atoms with Gasteiger partial charge in [0, 0.05) is 16.9 Å². The molecule has 5 heteroatoms. The molecule has 1 heterocycles. The van der Waals surface area contributed by atoms with Crippen molar-refractivity contribution < 1.29 is 14.3 Å². The van der Waals surface area contributed by atoms with Gasteiger partial charge >= 0.3 is 5.97 Å². The van der Waals surface area contributed by atoms with Crippen LogP contribution in [-0.4, -0.2) is 17.6 Å². The van der Waals surface area contributed by atoms with Crippen LogP contribution in [-0.2, 0) is 0 Å². The molecule has 0 N–H and O–H groups in total. The predicted octanol–water partition coefficient (Wildman–Crippen LogP) is 5.02. The van der Waals surface area contributed by atoms with Gasteiger partial charge in [-0.1, -0.05) is 26.2 Å². The van der Waals surface area contributed by atoms with Crippen molar-refractivity contribution in [1.82, 2.24) is 4.98 Å². The molecule has 0 aliphatic carbocycles. The fraction of sp³-hybridized carbons (Fsp3) is 0.333. The van der Waals surface area contributed by atoms with Crippen molar-refractivity contribution in [2.45, 2.75) is 32.6 Å². The number of esters is 1. The Morgan fingerprint density at radius 3 is 2.52 bits per heavy atom. The standard InChI is InChI=1S/C18H20BrNO3/c1-2-3-4-5-10-22-16-6-8-17(9-7-16)23-18(21)14-11-15(19)13-20-12-14/h6-9,11-13H,2-5,10H2,1H3. The van der Waals surface area contributed by atoms with Gasteiger partial charge < -0.3 is 9.47 Å². The largest absolute Gasteiger partial charge is 0.494 e. The summed E-state index contributed by atoms with van der Waals surface area (Å²) in [6.07, 6.45) is 7.79. The van der Waals surface area contributed by atoms with Crippen LogP contribution in [0.3, 0.4) is 0 Å². The summed E-state index contributed by atoms with van der Waals surface area (Å²) in [4.78, 5) is 16.0. The van der Waals surface area contributed by atoms with E-state index in [-0.39, 0.29) is 0 Å². The topological polar surface area (TPSA) is 48.4 Å². The molecule has 0 aliphatic heterocycles. The lowest BCUT2D eigenvalue weighted by Gasteiger charge is -2.08. The van der Waals surface area contributed by atoms with Gasteiger partial charge in [0.2, 0.25) is 0 Å². The first-order valence-corrected chi connectivity index (χ1v) is 8.54. The minimum atomic E-state index is -0.438. The van der Waals surface area contributed by atoms with Gasteiger partial charge in [-0.2, -0.15) is 0 Å². The van der Waals surface area contributed by atoms with Crippen LogP contribution in [0.1, 0.15) is 43.0 Å². The Morgan fingerprint density at radius 1 is 1.09 bits per heavy atom. The zero-order chi connectivity index (χ0) is 16.5. The molecule has 1 aromatic carbocycles. The average Bonchev–Trinajstić information content (AvgIpc) is 2.56. The number of pyridine rings is 1. The van der Waals surface area contributed by atoms with Crippen molar-refractivity contribution in [2.75, 3.05) is 6.61 Å². The molecular weight excluding hydrogens is 358 g/mol. The summed E-state index contributed by atoms with van der Waals surface area (Å²) in [5.41, 5.74) is 0.399. The lowest BCUT2D eigenvalue weighted by molar-refractivity contribution is 0.0734. The number of carbonyl (C=O) groups is 1. The number of hydrogen-bond donors (Lipinski definition) is 0. The number of benzene rings is 1. The molecule has 1 aromatic heterocycles. The van der Waals surface area contributed by atoms with E-state index in [9.17, 15) is 4.79 Å². The van der Waals surface area contributed by atoms with Crippen LogP contribution in [0, 0.1) is 0 Å². The first kappa shape index (κ1) is 17.5. The van der Waals surface area contributed by atoms with E-state index < -0.39 is 5.97 Å². The Morgan fingerprint density at radius 2 is 1.83 bits per heavy atom. The minimum Gasteiger partial charge on any atom is -0.494 e. The second-order valence-corrected chi connectivity index (χ2v) is 6.08. The number of unbranched alkanes of at least 4 members (excludes halogenated alkanes) is 3. The number of nitrogens with zero attached hydrogens (tertiary/aromatic N) is 1. The molecule has 0 atom stereocenters. The third-order valence-electron chi connectivity index (χ3n) is 3.24. The van der Waals surface area contributed by atoms with Gasteiger partial charge in [0.1, 0.15) is 11.5 Å². The van der Waals surface area contributed by atoms with Crippen molar-refractivity contribution in [2.24, 2.45) is 0 Å². The van der Waals surface area contributed by atoms with Crippen LogP contribution < -0.4 is 9.47 Å². The first-order valence-electron chi connectivity index (χ1n) is 7.74. The summed E-state index contributed by atoms with van der Waals surface area (Å²) >= 11 is 3.28. The van der Waals surface area contributed by atoms with Crippen LogP contribution in [0.4, 0.5) is 0 Å². The van der Waals surface area contributed by atoms with Crippen molar-refractivity contribution in [1.29, 1.82) is 0 Å². The molecule has 0 fully saturated rings. The molecule has 0 saturated carbocycles. The highest BCUT2D eigenvalue weighted by atomic mass is 79.9. The van der Waals surface area contributed by atoms with E-state index in [0.29, 0.717) is 17.9 Å². The number of hydrogen-bond acceptors (Lipinski definition) is 4. The van der Waals surface area contributed by atoms with Gasteiger partial charge in [-0.25, -0.2) is 4.79 Å². The van der Waals surface area contributed by atoms with E-state index >= 15 is 0 Å². The Kier molecular flexibility index (Phi) is 7.07.